The van der Waals surface area contributed by atoms with E-state index in [0.717, 1.165) is 17.0 Å². The number of hydrogen-bond acceptors (Lipinski definition) is 7. The lowest BCUT2D eigenvalue weighted by atomic mass is 10.0. The molecule has 3 amide bonds. The number of alkyl halides is 3. The summed E-state index contributed by atoms with van der Waals surface area (Å²) in [4.78, 5) is 46.5. The van der Waals surface area contributed by atoms with Gasteiger partial charge in [0, 0.05) is 35.5 Å². The Morgan fingerprint density at radius 3 is 2.12 bits per heavy atom. The van der Waals surface area contributed by atoms with Gasteiger partial charge in [0.15, 0.2) is 5.82 Å². The highest BCUT2D eigenvalue weighted by atomic mass is 19.4. The molecule has 1 aliphatic rings. The molecule has 0 bridgehead atoms. The van der Waals surface area contributed by atoms with Crippen molar-refractivity contribution in [2.75, 3.05) is 42.7 Å². The van der Waals surface area contributed by atoms with Crippen molar-refractivity contribution in [2.24, 2.45) is 0 Å². The molecule has 11 nitrogen and oxygen atoms in total. The fourth-order valence-electron chi connectivity index (χ4n) is 4.29. The molecule has 0 spiro atoms. The molecule has 48 heavy (non-hydrogen) atoms. The molecule has 2 heterocycles. The fraction of sp³-hybridized carbons (Fsp3) is 0.194. The van der Waals surface area contributed by atoms with Crippen molar-refractivity contribution in [3.63, 3.8) is 0 Å². The molecule has 0 fully saturated rings. The van der Waals surface area contributed by atoms with Gasteiger partial charge in [-0.3, -0.25) is 4.79 Å². The number of urea groups is 1. The van der Waals surface area contributed by atoms with Crippen molar-refractivity contribution >= 4 is 41.0 Å². The molecule has 0 saturated heterocycles. The Labute approximate surface area is 269 Å². The van der Waals surface area contributed by atoms with Gasteiger partial charge < -0.3 is 26.0 Å². The van der Waals surface area contributed by atoms with E-state index >= 15 is 0 Å². The average Bonchev–Trinajstić information content (AvgIpc) is 3.02. The molecule has 0 saturated carbocycles. The number of anilines is 4. The molecular formula is C31H27F6N7O4. The Kier molecular flexibility index (Phi) is 10.8. The van der Waals surface area contributed by atoms with Gasteiger partial charge in [0.2, 0.25) is 5.95 Å². The van der Waals surface area contributed by atoms with Gasteiger partial charge in [0.25, 0.3) is 5.91 Å². The second-order valence-corrected chi connectivity index (χ2v) is 10.3. The number of halogens is 6. The molecular weight excluding hydrogens is 648 g/mol. The first-order chi connectivity index (χ1) is 22.6. The lowest BCUT2D eigenvalue weighted by Crippen LogP contribution is -2.43. The first-order valence-electron chi connectivity index (χ1n) is 13.9. The number of carboxylic acid groups (broad SMARTS) is 1. The molecule has 5 rings (SSSR count). The number of carbonyl (C=O) groups is 3. The summed E-state index contributed by atoms with van der Waals surface area (Å²) in [5.41, 5.74) is 1.66. The van der Waals surface area contributed by atoms with E-state index in [0.29, 0.717) is 41.2 Å². The van der Waals surface area contributed by atoms with E-state index in [1.165, 1.54) is 30.3 Å². The number of benzene rings is 3. The number of hydrogen-bond donors (Lipinski definition) is 4. The van der Waals surface area contributed by atoms with Crippen LogP contribution in [-0.2, 0) is 11.3 Å². The Balaban J connectivity index is 0.000000671. The highest BCUT2D eigenvalue weighted by Gasteiger charge is 2.38. The van der Waals surface area contributed by atoms with E-state index in [2.05, 4.69) is 25.9 Å². The zero-order valence-electron chi connectivity index (χ0n) is 25.2. The van der Waals surface area contributed by atoms with Gasteiger partial charge in [-0.1, -0.05) is 18.2 Å². The maximum absolute atomic E-state index is 14.8. The van der Waals surface area contributed by atoms with Crippen molar-refractivity contribution in [1.82, 2.24) is 20.2 Å². The molecule has 3 aromatic carbocycles. The Hall–Kier alpha value is -5.71. The summed E-state index contributed by atoms with van der Waals surface area (Å²) in [5, 5.41) is 15.6. The third kappa shape index (κ3) is 8.55. The predicted octanol–water partition coefficient (Wildman–Crippen LogP) is 5.78. The number of aromatic nitrogens is 2. The quantitative estimate of drug-likeness (QED) is 0.173. The van der Waals surface area contributed by atoms with Crippen molar-refractivity contribution in [3.05, 3.63) is 95.3 Å². The minimum atomic E-state index is -5.08. The molecule has 4 aromatic rings. The summed E-state index contributed by atoms with van der Waals surface area (Å²) in [6.07, 6.45) is -5.08. The van der Waals surface area contributed by atoms with Crippen molar-refractivity contribution in [1.29, 1.82) is 0 Å². The molecule has 0 radical (unpaired) electrons. The zero-order valence-corrected chi connectivity index (χ0v) is 25.2. The van der Waals surface area contributed by atoms with E-state index in [1.54, 1.807) is 24.3 Å². The summed E-state index contributed by atoms with van der Waals surface area (Å²) in [7, 11) is 3.81. The van der Waals surface area contributed by atoms with Crippen LogP contribution in [0.2, 0.25) is 0 Å². The van der Waals surface area contributed by atoms with E-state index in [1.807, 2.05) is 19.0 Å². The lowest BCUT2D eigenvalue weighted by Gasteiger charge is -2.30. The standard InChI is InChI=1S/C29H26F3N7O2.C2HF3O2/c1-38(2)15-14-33-28-36-24(17-6-8-18(9-7-17)27(40)35-20-12-10-19(30)11-13-20)21-16-34-29(41)39(26(21)37-28)25-22(31)4-3-5-23(25)32;3-2(4,5)1(6)7/h3-13H,14-16H2,1-2H3,(H,34,41)(H,35,40)(H,33,36,37);(H,6,7). The van der Waals surface area contributed by atoms with Crippen molar-refractivity contribution < 1.29 is 45.8 Å². The second-order valence-electron chi connectivity index (χ2n) is 10.3. The van der Waals surface area contributed by atoms with Crippen LogP contribution in [0.5, 0.6) is 0 Å². The van der Waals surface area contributed by atoms with Crippen LogP contribution in [0, 0.1) is 17.5 Å². The number of fused-ring (bicyclic) bond motifs is 1. The number of nitrogens with one attached hydrogen (secondary N) is 3. The van der Waals surface area contributed by atoms with Crippen LogP contribution >= 0.6 is 0 Å². The van der Waals surface area contributed by atoms with E-state index in [-0.39, 0.29) is 18.3 Å². The summed E-state index contributed by atoms with van der Waals surface area (Å²) in [6.45, 7) is 1.13. The summed E-state index contributed by atoms with van der Waals surface area (Å²) >= 11 is 0. The first kappa shape index (κ1) is 35.1. The summed E-state index contributed by atoms with van der Waals surface area (Å²) < 4.78 is 74.6. The largest absolute Gasteiger partial charge is 0.490 e. The Morgan fingerprint density at radius 1 is 0.958 bits per heavy atom. The van der Waals surface area contributed by atoms with Crippen LogP contribution in [0.15, 0.2) is 66.7 Å². The number of para-hydroxylation sites is 1. The minimum Gasteiger partial charge on any atom is -0.475 e. The monoisotopic (exact) mass is 675 g/mol. The number of aliphatic carboxylic acids is 1. The topological polar surface area (TPSA) is 140 Å². The van der Waals surface area contributed by atoms with Gasteiger partial charge in [0.1, 0.15) is 23.1 Å². The van der Waals surface area contributed by atoms with Crippen LogP contribution < -0.4 is 20.9 Å². The van der Waals surface area contributed by atoms with Crippen molar-refractivity contribution in [3.8, 4) is 11.3 Å². The maximum Gasteiger partial charge on any atom is 0.490 e. The zero-order chi connectivity index (χ0) is 35.2. The molecule has 1 aromatic heterocycles. The number of likely N-dealkylation sites (N-methyl/N-ethyl adjacent to an activating group) is 1. The van der Waals surface area contributed by atoms with Gasteiger partial charge in [0.05, 0.1) is 12.2 Å². The maximum atomic E-state index is 14.8. The van der Waals surface area contributed by atoms with Crippen LogP contribution in [0.25, 0.3) is 11.3 Å². The number of carbonyl (C=O) groups excluding carboxylic acids is 2. The Morgan fingerprint density at radius 2 is 1.56 bits per heavy atom. The van der Waals surface area contributed by atoms with E-state index < -0.39 is 47.2 Å². The summed E-state index contributed by atoms with van der Waals surface area (Å²) in [6, 6.07) is 14.6. The smallest absolute Gasteiger partial charge is 0.475 e. The number of carboxylic acids is 1. The number of nitrogens with zero attached hydrogens (tertiary/aromatic N) is 4. The van der Waals surface area contributed by atoms with Crippen LogP contribution in [0.3, 0.4) is 0 Å². The molecule has 0 aliphatic carbocycles. The van der Waals surface area contributed by atoms with Crippen molar-refractivity contribution in [2.45, 2.75) is 12.7 Å². The lowest BCUT2D eigenvalue weighted by molar-refractivity contribution is -0.192. The third-order valence-electron chi connectivity index (χ3n) is 6.58. The number of rotatable bonds is 8. The van der Waals surface area contributed by atoms with Crippen LogP contribution in [0.1, 0.15) is 15.9 Å². The average molecular weight is 676 g/mol. The van der Waals surface area contributed by atoms with Crippen LogP contribution in [-0.4, -0.2) is 71.2 Å². The predicted molar refractivity (Wildman–Crippen MR) is 163 cm³/mol. The molecule has 252 valence electrons. The van der Waals surface area contributed by atoms with Gasteiger partial charge in [-0.2, -0.15) is 18.2 Å². The Bertz CT molecular complexity index is 1780. The second kappa shape index (κ2) is 14.8. The SMILES string of the molecule is CN(C)CCNc1nc(-c2ccc(C(=O)Nc3ccc(F)cc3)cc2)c2c(n1)N(c1c(F)cccc1F)C(=O)NC2.O=C(O)C(F)(F)F. The highest BCUT2D eigenvalue weighted by Crippen LogP contribution is 2.38. The van der Waals surface area contributed by atoms with E-state index in [4.69, 9.17) is 9.90 Å². The molecule has 4 N–H and O–H groups in total. The van der Waals surface area contributed by atoms with E-state index in [9.17, 15) is 35.9 Å². The molecule has 0 atom stereocenters. The van der Waals surface area contributed by atoms with Crippen LogP contribution in [0.4, 0.5) is 54.3 Å². The molecule has 0 unspecified atom stereocenters. The number of amides is 3. The molecule has 17 heteroatoms. The van der Waals surface area contributed by atoms with Gasteiger partial charge in [-0.05, 0) is 62.6 Å². The fourth-order valence-corrected chi connectivity index (χ4v) is 4.29. The van der Waals surface area contributed by atoms with Gasteiger partial charge >= 0.3 is 18.2 Å². The van der Waals surface area contributed by atoms with Gasteiger partial charge in [-0.15, -0.1) is 0 Å². The highest BCUT2D eigenvalue weighted by molar-refractivity contribution is 6.05. The van der Waals surface area contributed by atoms with Gasteiger partial charge in [-0.25, -0.2) is 32.6 Å². The first-order valence-corrected chi connectivity index (χ1v) is 13.9. The minimum absolute atomic E-state index is 0.0147. The summed E-state index contributed by atoms with van der Waals surface area (Å²) in [5.74, 6) is -5.22. The normalized spacial score (nSPS) is 12.4. The molecule has 1 aliphatic heterocycles. The third-order valence-corrected chi connectivity index (χ3v) is 6.58.